The molecule has 0 aromatic heterocycles. The zero-order valence-corrected chi connectivity index (χ0v) is 10.7. The highest BCUT2D eigenvalue weighted by Gasteiger charge is 2.56. The molecule has 98 valence electrons. The average Bonchev–Trinajstić information content (AvgIpc) is 2.86. The third-order valence-electron chi connectivity index (χ3n) is 3.91. The van der Waals surface area contributed by atoms with Crippen molar-refractivity contribution in [3.8, 4) is 0 Å². The summed E-state index contributed by atoms with van der Waals surface area (Å²) in [5.74, 6) is -0.899. The number of amides is 4. The summed E-state index contributed by atoms with van der Waals surface area (Å²) in [6.45, 7) is 1.94. The van der Waals surface area contributed by atoms with Crippen molar-refractivity contribution in [2.45, 2.75) is 32.6 Å². The first-order chi connectivity index (χ1) is 8.54. The van der Waals surface area contributed by atoms with Crippen LogP contribution in [0.2, 0.25) is 0 Å². The zero-order valence-electron chi connectivity index (χ0n) is 10.7. The highest BCUT2D eigenvalue weighted by Crippen LogP contribution is 2.43. The monoisotopic (exact) mass is 250 g/mol. The van der Waals surface area contributed by atoms with Gasteiger partial charge in [-0.1, -0.05) is 25.5 Å². The molecule has 1 aliphatic heterocycles. The molecule has 1 heterocycles. The van der Waals surface area contributed by atoms with E-state index in [1.165, 1.54) is 7.05 Å². The van der Waals surface area contributed by atoms with Crippen LogP contribution in [0.5, 0.6) is 0 Å². The highest BCUT2D eigenvalue weighted by atomic mass is 16.2. The third-order valence-corrected chi connectivity index (χ3v) is 3.91. The Morgan fingerprint density at radius 1 is 1.44 bits per heavy atom. The molecule has 2 rings (SSSR count). The van der Waals surface area contributed by atoms with E-state index >= 15 is 0 Å². The van der Waals surface area contributed by atoms with E-state index in [9.17, 15) is 14.4 Å². The largest absolute Gasteiger partial charge is 0.330 e. The van der Waals surface area contributed by atoms with Crippen molar-refractivity contribution in [2.75, 3.05) is 7.05 Å². The number of hydrogen-bond donors (Lipinski definition) is 1. The number of nitrogens with zero attached hydrogens (tertiary/aromatic N) is 1. The van der Waals surface area contributed by atoms with Gasteiger partial charge in [-0.05, 0) is 19.3 Å². The molecule has 0 saturated carbocycles. The smallest absolute Gasteiger partial charge is 0.277 e. The van der Waals surface area contributed by atoms with Gasteiger partial charge < -0.3 is 0 Å². The molecule has 0 aromatic rings. The van der Waals surface area contributed by atoms with Crippen LogP contribution in [0.1, 0.15) is 32.6 Å². The fourth-order valence-corrected chi connectivity index (χ4v) is 2.95. The van der Waals surface area contributed by atoms with Gasteiger partial charge in [0, 0.05) is 13.0 Å². The number of hydrogen-bond acceptors (Lipinski definition) is 3. The van der Waals surface area contributed by atoms with Gasteiger partial charge in [-0.2, -0.15) is 0 Å². The second-order valence-electron chi connectivity index (χ2n) is 4.96. The molecule has 1 fully saturated rings. The number of urea groups is 1. The molecule has 4 amide bonds. The van der Waals surface area contributed by atoms with E-state index in [2.05, 4.69) is 5.32 Å². The molecule has 0 spiro atoms. The lowest BCUT2D eigenvalue weighted by molar-refractivity contribution is -0.154. The number of allylic oxidation sites excluding steroid dienone is 2. The SMILES string of the molecule is CCCC1(C2C=CCC2)C(=O)NC(=O)N(C)C1=O. The van der Waals surface area contributed by atoms with Gasteiger partial charge in [0.1, 0.15) is 5.41 Å². The summed E-state index contributed by atoms with van der Waals surface area (Å²) >= 11 is 0. The normalized spacial score (nSPS) is 32.0. The minimum atomic E-state index is -1.09. The molecule has 0 aromatic carbocycles. The second kappa shape index (κ2) is 4.55. The molecule has 1 N–H and O–H groups in total. The van der Waals surface area contributed by atoms with Crippen molar-refractivity contribution in [3.63, 3.8) is 0 Å². The Morgan fingerprint density at radius 2 is 2.17 bits per heavy atom. The van der Waals surface area contributed by atoms with Crippen molar-refractivity contribution < 1.29 is 14.4 Å². The molecule has 0 bridgehead atoms. The van der Waals surface area contributed by atoms with Gasteiger partial charge in [0.05, 0.1) is 0 Å². The fraction of sp³-hybridized carbons (Fsp3) is 0.615. The highest BCUT2D eigenvalue weighted by molar-refractivity contribution is 6.19. The lowest BCUT2D eigenvalue weighted by atomic mass is 9.69. The summed E-state index contributed by atoms with van der Waals surface area (Å²) < 4.78 is 0. The van der Waals surface area contributed by atoms with Crippen LogP contribution in [-0.4, -0.2) is 29.8 Å². The van der Waals surface area contributed by atoms with Gasteiger partial charge in [-0.3, -0.25) is 19.8 Å². The van der Waals surface area contributed by atoms with Gasteiger partial charge in [0.2, 0.25) is 11.8 Å². The Balaban J connectivity index is 2.43. The number of imide groups is 2. The van der Waals surface area contributed by atoms with E-state index in [-0.39, 0.29) is 11.8 Å². The minimum Gasteiger partial charge on any atom is -0.277 e. The first-order valence-electron chi connectivity index (χ1n) is 6.34. The van der Waals surface area contributed by atoms with Crippen LogP contribution in [-0.2, 0) is 9.59 Å². The van der Waals surface area contributed by atoms with E-state index in [0.29, 0.717) is 6.42 Å². The summed E-state index contributed by atoms with van der Waals surface area (Å²) in [6, 6.07) is -0.626. The van der Waals surface area contributed by atoms with Gasteiger partial charge in [-0.15, -0.1) is 0 Å². The number of carbonyl (C=O) groups excluding carboxylic acids is 3. The molecule has 2 unspecified atom stereocenters. The molecular formula is C13H18N2O3. The van der Waals surface area contributed by atoms with Crippen LogP contribution >= 0.6 is 0 Å². The van der Waals surface area contributed by atoms with Crippen molar-refractivity contribution in [1.82, 2.24) is 10.2 Å². The Bertz CT molecular complexity index is 430. The van der Waals surface area contributed by atoms with Gasteiger partial charge >= 0.3 is 6.03 Å². The summed E-state index contributed by atoms with van der Waals surface area (Å²) in [4.78, 5) is 37.2. The third kappa shape index (κ3) is 1.65. The van der Waals surface area contributed by atoms with Gasteiger partial charge in [0.25, 0.3) is 0 Å². The Kier molecular flexibility index (Phi) is 3.24. The van der Waals surface area contributed by atoms with E-state index in [4.69, 9.17) is 0 Å². The number of nitrogens with one attached hydrogen (secondary N) is 1. The van der Waals surface area contributed by atoms with Crippen LogP contribution in [0.15, 0.2) is 12.2 Å². The topological polar surface area (TPSA) is 66.5 Å². The maximum Gasteiger partial charge on any atom is 0.330 e. The van der Waals surface area contributed by atoms with E-state index in [1.54, 1.807) is 0 Å². The number of rotatable bonds is 3. The van der Waals surface area contributed by atoms with E-state index < -0.39 is 17.4 Å². The zero-order chi connectivity index (χ0) is 13.3. The summed E-state index contributed by atoms with van der Waals surface area (Å²) in [5.41, 5.74) is -1.09. The van der Waals surface area contributed by atoms with Crippen molar-refractivity contribution >= 4 is 17.8 Å². The average molecular weight is 250 g/mol. The molecule has 2 atom stereocenters. The van der Waals surface area contributed by atoms with Crippen LogP contribution in [0.3, 0.4) is 0 Å². The lowest BCUT2D eigenvalue weighted by Crippen LogP contribution is -2.64. The van der Waals surface area contributed by atoms with Crippen molar-refractivity contribution in [3.05, 3.63) is 12.2 Å². The van der Waals surface area contributed by atoms with Gasteiger partial charge in [0.15, 0.2) is 0 Å². The first kappa shape index (κ1) is 12.8. The van der Waals surface area contributed by atoms with Crippen LogP contribution in [0.4, 0.5) is 4.79 Å². The maximum absolute atomic E-state index is 12.5. The molecule has 5 nitrogen and oxygen atoms in total. The number of carbonyl (C=O) groups is 3. The number of barbiturate groups is 1. The first-order valence-corrected chi connectivity index (χ1v) is 6.34. The van der Waals surface area contributed by atoms with E-state index in [0.717, 1.165) is 24.2 Å². The Morgan fingerprint density at radius 3 is 2.72 bits per heavy atom. The van der Waals surface area contributed by atoms with Crippen LogP contribution in [0.25, 0.3) is 0 Å². The van der Waals surface area contributed by atoms with Crippen LogP contribution < -0.4 is 5.32 Å². The van der Waals surface area contributed by atoms with Crippen LogP contribution in [0, 0.1) is 11.3 Å². The Hall–Kier alpha value is -1.65. The summed E-state index contributed by atoms with van der Waals surface area (Å²) in [5, 5.41) is 2.31. The quantitative estimate of drug-likeness (QED) is 0.609. The second-order valence-corrected chi connectivity index (χ2v) is 4.96. The molecule has 5 heteroatoms. The summed E-state index contributed by atoms with van der Waals surface area (Å²) in [7, 11) is 1.42. The maximum atomic E-state index is 12.5. The summed E-state index contributed by atoms with van der Waals surface area (Å²) in [6.07, 6.45) is 6.82. The molecule has 0 radical (unpaired) electrons. The molecular weight excluding hydrogens is 232 g/mol. The Labute approximate surface area is 106 Å². The molecule has 1 saturated heterocycles. The molecule has 18 heavy (non-hydrogen) atoms. The van der Waals surface area contributed by atoms with E-state index in [1.807, 2.05) is 19.1 Å². The minimum absolute atomic E-state index is 0.0968. The molecule has 1 aliphatic carbocycles. The molecule has 2 aliphatic rings. The predicted octanol–water partition coefficient (Wildman–Crippen LogP) is 1.45. The standard InChI is InChI=1S/C13H18N2O3/c1-3-8-13(9-6-4-5-7-9)10(16)14-12(18)15(2)11(13)17/h4,6,9H,3,5,7-8H2,1-2H3,(H,14,16,18). The lowest BCUT2D eigenvalue weighted by Gasteiger charge is -2.41. The predicted molar refractivity (Wildman–Crippen MR) is 65.5 cm³/mol. The fourth-order valence-electron chi connectivity index (χ4n) is 2.95. The van der Waals surface area contributed by atoms with Gasteiger partial charge in [-0.25, -0.2) is 4.79 Å². The van der Waals surface area contributed by atoms with Crippen molar-refractivity contribution in [1.29, 1.82) is 0 Å². The van der Waals surface area contributed by atoms with Crippen molar-refractivity contribution in [2.24, 2.45) is 11.3 Å².